The van der Waals surface area contributed by atoms with E-state index in [-0.39, 0.29) is 17.7 Å². The molecule has 0 radical (unpaired) electrons. The third-order valence-corrected chi connectivity index (χ3v) is 4.56. The molecule has 0 saturated heterocycles. The number of para-hydroxylation sites is 1. The molecule has 6 heteroatoms. The van der Waals surface area contributed by atoms with E-state index in [1.807, 2.05) is 0 Å². The van der Waals surface area contributed by atoms with E-state index in [4.69, 9.17) is 13.9 Å². The van der Waals surface area contributed by atoms with Gasteiger partial charge >= 0.3 is 5.97 Å². The molecule has 1 aliphatic carbocycles. The Kier molecular flexibility index (Phi) is 5.94. The van der Waals surface area contributed by atoms with Crippen LogP contribution in [0, 0.1) is 0 Å². The maximum Gasteiger partial charge on any atom is 0.375 e. The van der Waals surface area contributed by atoms with Gasteiger partial charge in [-0.2, -0.15) is 0 Å². The number of benzene rings is 1. The van der Waals surface area contributed by atoms with Crippen LogP contribution in [0.15, 0.2) is 47.1 Å². The van der Waals surface area contributed by atoms with Gasteiger partial charge in [0.25, 0.3) is 5.91 Å². The smallest absolute Gasteiger partial charge is 0.375 e. The molecule has 1 heterocycles. The predicted octanol–water partition coefficient (Wildman–Crippen LogP) is 3.64. The fourth-order valence-electron chi connectivity index (χ4n) is 3.22. The van der Waals surface area contributed by atoms with Crippen LogP contribution in [0.4, 0.5) is 0 Å². The number of carbonyl (C=O) groups is 2. The van der Waals surface area contributed by atoms with Gasteiger partial charge in [0, 0.05) is 11.6 Å². The summed E-state index contributed by atoms with van der Waals surface area (Å²) in [4.78, 5) is 25.3. The van der Waals surface area contributed by atoms with Crippen LogP contribution in [0.2, 0.25) is 0 Å². The number of rotatable bonds is 6. The van der Waals surface area contributed by atoms with Crippen LogP contribution in [0.1, 0.15) is 54.3 Å². The largest absolute Gasteiger partial charge is 0.496 e. The molecule has 3 rings (SSSR count). The Morgan fingerprint density at radius 1 is 1.12 bits per heavy atom. The Hall–Kier alpha value is -2.76. The molecule has 6 nitrogen and oxygen atoms in total. The molecule has 1 amide bonds. The van der Waals surface area contributed by atoms with E-state index in [9.17, 15) is 9.59 Å². The van der Waals surface area contributed by atoms with E-state index >= 15 is 0 Å². The van der Waals surface area contributed by atoms with Crippen molar-refractivity contribution in [2.45, 2.75) is 44.2 Å². The van der Waals surface area contributed by atoms with E-state index in [2.05, 4.69) is 5.32 Å². The van der Waals surface area contributed by atoms with Crippen LogP contribution in [0.5, 0.6) is 5.75 Å². The van der Waals surface area contributed by atoms with Crippen LogP contribution < -0.4 is 10.1 Å². The average Bonchev–Trinajstić information content (AvgIpc) is 3.21. The second-order valence-electron chi connectivity index (χ2n) is 6.35. The summed E-state index contributed by atoms with van der Waals surface area (Å²) in [7, 11) is 1.52. The molecule has 138 valence electrons. The minimum atomic E-state index is -1.11. The highest BCUT2D eigenvalue weighted by Gasteiger charge is 2.31. The van der Waals surface area contributed by atoms with Gasteiger partial charge in [-0.15, -0.1) is 0 Å². The van der Waals surface area contributed by atoms with Crippen molar-refractivity contribution in [1.82, 2.24) is 5.32 Å². The van der Waals surface area contributed by atoms with Gasteiger partial charge in [0.2, 0.25) is 11.9 Å². The van der Waals surface area contributed by atoms with E-state index < -0.39 is 12.1 Å². The number of hydrogen-bond acceptors (Lipinski definition) is 5. The molecule has 26 heavy (non-hydrogen) atoms. The lowest BCUT2D eigenvalue weighted by molar-refractivity contribution is -0.131. The highest BCUT2D eigenvalue weighted by molar-refractivity contribution is 5.91. The van der Waals surface area contributed by atoms with Crippen LogP contribution in [-0.2, 0) is 9.53 Å². The van der Waals surface area contributed by atoms with Gasteiger partial charge in [0.15, 0.2) is 0 Å². The lowest BCUT2D eigenvalue weighted by Gasteiger charge is -2.26. The molecule has 1 aromatic carbocycles. The van der Waals surface area contributed by atoms with Crippen LogP contribution in [-0.4, -0.2) is 25.0 Å². The summed E-state index contributed by atoms with van der Waals surface area (Å²) in [6, 6.07) is 10.2. The molecule has 2 aromatic rings. The summed E-state index contributed by atoms with van der Waals surface area (Å²) in [6.45, 7) is 0. The topological polar surface area (TPSA) is 77.8 Å². The molecule has 0 aliphatic heterocycles. The molecule has 1 atom stereocenters. The zero-order valence-electron chi connectivity index (χ0n) is 14.8. The van der Waals surface area contributed by atoms with Crippen molar-refractivity contribution in [3.63, 3.8) is 0 Å². The normalized spacial score (nSPS) is 15.9. The van der Waals surface area contributed by atoms with Crippen molar-refractivity contribution in [3.05, 3.63) is 54.0 Å². The Bertz CT molecular complexity index is 734. The first kappa shape index (κ1) is 18.0. The molecular weight excluding hydrogens is 334 g/mol. The first-order valence-electron chi connectivity index (χ1n) is 8.87. The second-order valence-corrected chi connectivity index (χ2v) is 6.35. The number of esters is 1. The van der Waals surface area contributed by atoms with Gasteiger partial charge in [0.1, 0.15) is 5.75 Å². The van der Waals surface area contributed by atoms with Gasteiger partial charge in [-0.3, -0.25) is 4.79 Å². The van der Waals surface area contributed by atoms with Gasteiger partial charge in [-0.1, -0.05) is 37.5 Å². The van der Waals surface area contributed by atoms with E-state index in [0.717, 1.165) is 25.7 Å². The number of ether oxygens (including phenoxy) is 2. The van der Waals surface area contributed by atoms with Crippen LogP contribution in [0.25, 0.3) is 0 Å². The molecule has 1 aliphatic rings. The number of amides is 1. The van der Waals surface area contributed by atoms with Gasteiger partial charge < -0.3 is 19.2 Å². The maximum atomic E-state index is 12.9. The fourth-order valence-corrected chi connectivity index (χ4v) is 3.22. The lowest BCUT2D eigenvalue weighted by Crippen LogP contribution is -2.40. The van der Waals surface area contributed by atoms with Gasteiger partial charge in [0.05, 0.1) is 13.4 Å². The number of hydrogen-bond donors (Lipinski definition) is 1. The van der Waals surface area contributed by atoms with Crippen molar-refractivity contribution in [1.29, 1.82) is 0 Å². The van der Waals surface area contributed by atoms with Crippen molar-refractivity contribution >= 4 is 11.9 Å². The second kappa shape index (κ2) is 8.56. The average molecular weight is 357 g/mol. The van der Waals surface area contributed by atoms with Crippen molar-refractivity contribution in [2.75, 3.05) is 7.11 Å². The minimum absolute atomic E-state index is 0.0513. The molecule has 1 aromatic heterocycles. The highest BCUT2D eigenvalue weighted by atomic mass is 16.6. The standard InChI is InChI=1S/C20H23NO5/c1-24-16-11-6-5-10-15(16)18(26-20(23)17-12-7-13-25-17)19(22)21-14-8-3-2-4-9-14/h5-7,10-14,18H,2-4,8-9H2,1H3,(H,21,22)/t18-/m0/s1. The quantitative estimate of drug-likeness (QED) is 0.799. The zero-order chi connectivity index (χ0) is 18.4. The summed E-state index contributed by atoms with van der Waals surface area (Å²) >= 11 is 0. The lowest BCUT2D eigenvalue weighted by atomic mass is 9.95. The minimum Gasteiger partial charge on any atom is -0.496 e. The summed E-state index contributed by atoms with van der Waals surface area (Å²) in [6.07, 6.45) is 5.54. The summed E-state index contributed by atoms with van der Waals surface area (Å²) < 4.78 is 15.9. The summed E-state index contributed by atoms with van der Waals surface area (Å²) in [5.74, 6) is -0.495. The third kappa shape index (κ3) is 4.25. The molecule has 1 fully saturated rings. The third-order valence-electron chi connectivity index (χ3n) is 4.56. The van der Waals surface area contributed by atoms with Crippen molar-refractivity contribution < 1.29 is 23.5 Å². The first-order chi connectivity index (χ1) is 12.7. The van der Waals surface area contributed by atoms with E-state index in [1.165, 1.54) is 25.9 Å². The molecular formula is C20H23NO5. The van der Waals surface area contributed by atoms with Crippen LogP contribution >= 0.6 is 0 Å². The van der Waals surface area contributed by atoms with Crippen molar-refractivity contribution in [3.8, 4) is 5.75 Å². The summed E-state index contributed by atoms with van der Waals surface area (Å²) in [5, 5.41) is 3.02. The Labute approximate surface area is 152 Å². The van der Waals surface area contributed by atoms with Gasteiger partial charge in [-0.25, -0.2) is 4.79 Å². The monoisotopic (exact) mass is 357 g/mol. The van der Waals surface area contributed by atoms with Gasteiger partial charge in [-0.05, 0) is 31.0 Å². The molecule has 1 saturated carbocycles. The fraction of sp³-hybridized carbons (Fsp3) is 0.400. The molecule has 1 N–H and O–H groups in total. The van der Waals surface area contributed by atoms with E-state index in [0.29, 0.717) is 11.3 Å². The first-order valence-corrected chi connectivity index (χ1v) is 8.87. The van der Waals surface area contributed by atoms with Crippen molar-refractivity contribution in [2.24, 2.45) is 0 Å². The molecule has 0 unspecified atom stereocenters. The number of nitrogens with one attached hydrogen (secondary N) is 1. The Morgan fingerprint density at radius 3 is 2.58 bits per heavy atom. The SMILES string of the molecule is COc1ccccc1[C@H](OC(=O)c1ccco1)C(=O)NC1CCCCC1. The predicted molar refractivity (Wildman–Crippen MR) is 94.9 cm³/mol. The Morgan fingerprint density at radius 2 is 1.88 bits per heavy atom. The Balaban J connectivity index is 1.82. The number of methoxy groups -OCH3 is 1. The van der Waals surface area contributed by atoms with Crippen LogP contribution in [0.3, 0.4) is 0 Å². The van der Waals surface area contributed by atoms with E-state index in [1.54, 1.807) is 30.3 Å². The zero-order valence-corrected chi connectivity index (χ0v) is 14.8. The number of furan rings is 1. The molecule has 0 bridgehead atoms. The number of carbonyl (C=O) groups excluding carboxylic acids is 2. The highest BCUT2D eigenvalue weighted by Crippen LogP contribution is 2.29. The maximum absolute atomic E-state index is 12.9. The summed E-state index contributed by atoms with van der Waals surface area (Å²) in [5.41, 5.74) is 0.503. The molecule has 0 spiro atoms.